The summed E-state index contributed by atoms with van der Waals surface area (Å²) in [6.07, 6.45) is 2.33. The van der Waals surface area contributed by atoms with E-state index in [2.05, 4.69) is 9.88 Å². The van der Waals surface area contributed by atoms with E-state index in [1.54, 1.807) is 12.1 Å². The molecule has 1 heterocycles. The minimum absolute atomic E-state index is 0.372. The predicted molar refractivity (Wildman–Crippen MR) is 86.4 cm³/mol. The lowest BCUT2D eigenvalue weighted by Crippen LogP contribution is -2.33. The largest absolute Gasteiger partial charge is 0.480 e. The summed E-state index contributed by atoms with van der Waals surface area (Å²) in [4.78, 5) is 27.8. The van der Waals surface area contributed by atoms with Gasteiger partial charge in [-0.25, -0.2) is 0 Å². The molecule has 7 heteroatoms. The number of H-pyrrole nitrogens is 1. The lowest BCUT2D eigenvalue weighted by atomic mass is 10.1. The van der Waals surface area contributed by atoms with E-state index < -0.39 is 18.0 Å². The van der Waals surface area contributed by atoms with E-state index in [-0.39, 0.29) is 6.42 Å². The Balaban J connectivity index is 2.21. The molecule has 1 aromatic heterocycles. The second kappa shape index (κ2) is 7.26. The van der Waals surface area contributed by atoms with Crippen LogP contribution in [0.25, 0.3) is 10.9 Å². The van der Waals surface area contributed by atoms with Crippen LogP contribution in [0.3, 0.4) is 0 Å². The van der Waals surface area contributed by atoms with E-state index >= 15 is 0 Å². The molecular weight excluding hydrogens is 298 g/mol. The molecule has 2 rings (SSSR count). The predicted octanol–water partition coefficient (Wildman–Crippen LogP) is 0.979. The van der Waals surface area contributed by atoms with Crippen molar-refractivity contribution >= 4 is 22.8 Å². The van der Waals surface area contributed by atoms with Gasteiger partial charge in [-0.15, -0.1) is 0 Å². The first-order valence-corrected chi connectivity index (χ1v) is 7.31. The molecule has 0 spiro atoms. The number of carbonyl (C=O) groups is 2. The van der Waals surface area contributed by atoms with Gasteiger partial charge in [0.15, 0.2) is 0 Å². The number of aromatic nitrogens is 1. The van der Waals surface area contributed by atoms with Crippen LogP contribution in [0.15, 0.2) is 24.4 Å². The molecule has 1 aromatic carbocycles. The lowest BCUT2D eigenvalue weighted by Gasteiger charge is -2.11. The Morgan fingerprint density at radius 1 is 1.39 bits per heavy atom. The number of benzene rings is 1. The standard InChI is InChI=1S/C16H21N3O4/c1-19(2)7-6-10-9-18-12-4-3-5-13(15(10)12)23-14(20)8-11(17)16(21)22/h3-5,9,11,18H,6-8,17H2,1-2H3,(H,21,22)/t11-/m0/s1. The molecule has 0 aliphatic carbocycles. The Labute approximate surface area is 134 Å². The van der Waals surface area contributed by atoms with Gasteiger partial charge in [-0.3, -0.25) is 9.59 Å². The van der Waals surface area contributed by atoms with Gasteiger partial charge in [0.25, 0.3) is 0 Å². The number of rotatable bonds is 7. The number of aromatic amines is 1. The molecule has 0 saturated heterocycles. The number of ether oxygens (including phenoxy) is 1. The molecule has 23 heavy (non-hydrogen) atoms. The third kappa shape index (κ3) is 4.30. The Hall–Kier alpha value is -2.38. The molecule has 0 saturated carbocycles. The second-order valence-electron chi connectivity index (χ2n) is 5.67. The molecule has 7 nitrogen and oxygen atoms in total. The molecule has 0 aliphatic heterocycles. The van der Waals surface area contributed by atoms with Crippen LogP contribution >= 0.6 is 0 Å². The van der Waals surface area contributed by atoms with E-state index in [1.165, 1.54) is 0 Å². The van der Waals surface area contributed by atoms with Gasteiger partial charge in [-0.1, -0.05) is 6.07 Å². The van der Waals surface area contributed by atoms with Crippen LogP contribution < -0.4 is 10.5 Å². The zero-order valence-electron chi connectivity index (χ0n) is 13.2. The Kier molecular flexibility index (Phi) is 5.36. The van der Waals surface area contributed by atoms with Crippen molar-refractivity contribution in [2.45, 2.75) is 18.9 Å². The molecule has 4 N–H and O–H groups in total. The van der Waals surface area contributed by atoms with Gasteiger partial charge in [0.05, 0.1) is 6.42 Å². The molecule has 1 atom stereocenters. The minimum Gasteiger partial charge on any atom is -0.480 e. The highest BCUT2D eigenvalue weighted by Gasteiger charge is 2.19. The summed E-state index contributed by atoms with van der Waals surface area (Å²) in [6.45, 7) is 0.860. The first kappa shape index (κ1) is 17.0. The smallest absolute Gasteiger partial charge is 0.321 e. The number of nitrogens with one attached hydrogen (secondary N) is 1. The summed E-state index contributed by atoms with van der Waals surface area (Å²) in [5.41, 5.74) is 7.27. The van der Waals surface area contributed by atoms with Crippen molar-refractivity contribution in [3.05, 3.63) is 30.0 Å². The molecule has 0 fully saturated rings. The van der Waals surface area contributed by atoms with E-state index in [0.29, 0.717) is 5.75 Å². The molecule has 124 valence electrons. The Morgan fingerprint density at radius 2 is 2.13 bits per heavy atom. The van der Waals surface area contributed by atoms with Gasteiger partial charge in [0.1, 0.15) is 11.8 Å². The van der Waals surface area contributed by atoms with Gasteiger partial charge in [0.2, 0.25) is 0 Å². The lowest BCUT2D eigenvalue weighted by molar-refractivity contribution is -0.143. The molecule has 0 aliphatic rings. The quantitative estimate of drug-likeness (QED) is 0.518. The third-order valence-electron chi connectivity index (χ3n) is 3.51. The van der Waals surface area contributed by atoms with Crippen molar-refractivity contribution in [3.63, 3.8) is 0 Å². The number of nitrogens with two attached hydrogens (primary N) is 1. The maximum atomic E-state index is 11.9. The number of hydrogen-bond donors (Lipinski definition) is 3. The summed E-state index contributed by atoms with van der Waals surface area (Å²) in [6, 6.07) is 4.10. The van der Waals surface area contributed by atoms with E-state index in [9.17, 15) is 9.59 Å². The second-order valence-corrected chi connectivity index (χ2v) is 5.67. The number of carboxylic acids is 1. The van der Waals surface area contributed by atoms with Crippen LogP contribution in [-0.2, 0) is 16.0 Å². The SMILES string of the molecule is CN(C)CCc1c[nH]c2cccc(OC(=O)C[C@H](N)C(=O)O)c12. The normalized spacial score (nSPS) is 12.5. The van der Waals surface area contributed by atoms with Gasteiger partial charge in [-0.05, 0) is 38.2 Å². The third-order valence-corrected chi connectivity index (χ3v) is 3.51. The average Bonchev–Trinajstić information content (AvgIpc) is 2.89. The average molecular weight is 319 g/mol. The number of fused-ring (bicyclic) bond motifs is 1. The topological polar surface area (TPSA) is 109 Å². The number of esters is 1. The minimum atomic E-state index is -1.26. The number of likely N-dealkylation sites (N-methyl/N-ethyl adjacent to an activating group) is 1. The van der Waals surface area contributed by atoms with Crippen LogP contribution in [0.4, 0.5) is 0 Å². The van der Waals surface area contributed by atoms with Gasteiger partial charge < -0.3 is 25.5 Å². The van der Waals surface area contributed by atoms with Gasteiger partial charge >= 0.3 is 11.9 Å². The van der Waals surface area contributed by atoms with Crippen molar-refractivity contribution in [1.82, 2.24) is 9.88 Å². The molecule has 0 bridgehead atoms. The summed E-state index contributed by atoms with van der Waals surface area (Å²) in [5, 5.41) is 9.60. The zero-order valence-corrected chi connectivity index (χ0v) is 13.2. The molecule has 0 amide bonds. The molecular formula is C16H21N3O4. The molecule has 0 unspecified atom stereocenters. The molecule has 0 radical (unpaired) electrons. The van der Waals surface area contributed by atoms with Crippen molar-refractivity contribution < 1.29 is 19.4 Å². The van der Waals surface area contributed by atoms with Crippen LogP contribution in [-0.4, -0.2) is 53.6 Å². The fourth-order valence-corrected chi connectivity index (χ4v) is 2.28. The number of carboxylic acid groups (broad SMARTS) is 1. The summed E-state index contributed by atoms with van der Waals surface area (Å²) < 4.78 is 5.34. The van der Waals surface area contributed by atoms with E-state index in [4.69, 9.17) is 15.6 Å². The first-order valence-electron chi connectivity index (χ1n) is 7.31. The van der Waals surface area contributed by atoms with Crippen LogP contribution in [0, 0.1) is 0 Å². The van der Waals surface area contributed by atoms with Crippen LogP contribution in [0.5, 0.6) is 5.75 Å². The fourth-order valence-electron chi connectivity index (χ4n) is 2.28. The highest BCUT2D eigenvalue weighted by Crippen LogP contribution is 2.29. The van der Waals surface area contributed by atoms with Crippen molar-refractivity contribution in [2.75, 3.05) is 20.6 Å². The van der Waals surface area contributed by atoms with E-state index in [0.717, 1.165) is 29.4 Å². The number of aliphatic carboxylic acids is 1. The fraction of sp³-hybridized carbons (Fsp3) is 0.375. The highest BCUT2D eigenvalue weighted by molar-refractivity contribution is 5.92. The van der Waals surface area contributed by atoms with Crippen molar-refractivity contribution in [2.24, 2.45) is 5.73 Å². The van der Waals surface area contributed by atoms with Crippen LogP contribution in [0.1, 0.15) is 12.0 Å². The van der Waals surface area contributed by atoms with E-state index in [1.807, 2.05) is 26.4 Å². The maximum absolute atomic E-state index is 11.9. The van der Waals surface area contributed by atoms with Crippen LogP contribution in [0.2, 0.25) is 0 Å². The van der Waals surface area contributed by atoms with Gasteiger partial charge in [0, 0.05) is 23.6 Å². The van der Waals surface area contributed by atoms with Gasteiger partial charge in [-0.2, -0.15) is 0 Å². The van der Waals surface area contributed by atoms with Crippen molar-refractivity contribution in [1.29, 1.82) is 0 Å². The number of nitrogens with zero attached hydrogens (tertiary/aromatic N) is 1. The van der Waals surface area contributed by atoms with Crippen molar-refractivity contribution in [3.8, 4) is 5.75 Å². The summed E-state index contributed by atoms with van der Waals surface area (Å²) >= 11 is 0. The Morgan fingerprint density at radius 3 is 2.78 bits per heavy atom. The maximum Gasteiger partial charge on any atom is 0.321 e. The highest BCUT2D eigenvalue weighted by atomic mass is 16.5. The number of carbonyl (C=O) groups excluding carboxylic acids is 1. The summed E-state index contributed by atoms with van der Waals surface area (Å²) in [5.74, 6) is -1.47. The summed E-state index contributed by atoms with van der Waals surface area (Å²) in [7, 11) is 3.98. The number of hydrogen-bond acceptors (Lipinski definition) is 5. The Bertz CT molecular complexity index is 708. The zero-order chi connectivity index (χ0) is 17.0. The monoisotopic (exact) mass is 319 g/mol. The molecule has 2 aromatic rings. The first-order chi connectivity index (χ1) is 10.9.